The molecule has 2 N–H and O–H groups in total. The zero-order valence-corrected chi connectivity index (χ0v) is 12.0. The number of nitrogens with one attached hydrogen (secondary N) is 2. The SMILES string of the molecule is CC(Nc1ccc(OC(F)F)cc1)C(=O)NC(C)(C)C. The van der Waals surface area contributed by atoms with E-state index in [4.69, 9.17) is 0 Å². The third-order valence-corrected chi connectivity index (χ3v) is 2.35. The van der Waals surface area contributed by atoms with E-state index in [9.17, 15) is 13.6 Å². The molecule has 112 valence electrons. The number of rotatable bonds is 5. The molecule has 0 spiro atoms. The highest BCUT2D eigenvalue weighted by atomic mass is 19.3. The minimum Gasteiger partial charge on any atom is -0.435 e. The van der Waals surface area contributed by atoms with Gasteiger partial charge in [0.25, 0.3) is 0 Å². The maximum absolute atomic E-state index is 12.0. The number of hydrogen-bond donors (Lipinski definition) is 2. The summed E-state index contributed by atoms with van der Waals surface area (Å²) in [7, 11) is 0. The number of anilines is 1. The molecule has 0 aromatic heterocycles. The third kappa shape index (κ3) is 5.86. The van der Waals surface area contributed by atoms with Crippen LogP contribution in [-0.4, -0.2) is 24.1 Å². The Bertz CT molecular complexity index is 441. The van der Waals surface area contributed by atoms with Gasteiger partial charge in [-0.2, -0.15) is 8.78 Å². The molecule has 0 aliphatic heterocycles. The first-order chi connectivity index (χ1) is 9.17. The fourth-order valence-corrected chi connectivity index (χ4v) is 1.53. The number of carbonyl (C=O) groups excluding carboxylic acids is 1. The summed E-state index contributed by atoms with van der Waals surface area (Å²) in [4.78, 5) is 11.9. The van der Waals surface area contributed by atoms with Crippen molar-refractivity contribution in [1.29, 1.82) is 0 Å². The Morgan fingerprint density at radius 3 is 2.20 bits per heavy atom. The average molecular weight is 286 g/mol. The van der Waals surface area contributed by atoms with Crippen molar-refractivity contribution < 1.29 is 18.3 Å². The molecule has 0 saturated carbocycles. The maximum atomic E-state index is 12.0. The van der Waals surface area contributed by atoms with Crippen LogP contribution in [0.25, 0.3) is 0 Å². The Hall–Kier alpha value is -1.85. The summed E-state index contributed by atoms with van der Waals surface area (Å²) >= 11 is 0. The highest BCUT2D eigenvalue weighted by Crippen LogP contribution is 2.18. The topological polar surface area (TPSA) is 50.4 Å². The van der Waals surface area contributed by atoms with Crippen molar-refractivity contribution in [1.82, 2.24) is 5.32 Å². The molecule has 0 heterocycles. The van der Waals surface area contributed by atoms with Crippen molar-refractivity contribution in [2.45, 2.75) is 45.9 Å². The molecular weight excluding hydrogens is 266 g/mol. The number of halogens is 2. The summed E-state index contributed by atoms with van der Waals surface area (Å²) in [5, 5.41) is 5.84. The lowest BCUT2D eigenvalue weighted by molar-refractivity contribution is -0.122. The Kier molecular flexibility index (Phi) is 5.30. The predicted octanol–water partition coefficient (Wildman–Crippen LogP) is 3.00. The van der Waals surface area contributed by atoms with Crippen LogP contribution in [0.2, 0.25) is 0 Å². The fraction of sp³-hybridized carbons (Fsp3) is 0.500. The first-order valence-electron chi connectivity index (χ1n) is 6.31. The fourth-order valence-electron chi connectivity index (χ4n) is 1.53. The lowest BCUT2D eigenvalue weighted by atomic mass is 10.1. The minimum absolute atomic E-state index is 0.0809. The third-order valence-electron chi connectivity index (χ3n) is 2.35. The summed E-state index contributed by atoms with van der Waals surface area (Å²) in [6.45, 7) is 4.58. The van der Waals surface area contributed by atoms with E-state index in [1.54, 1.807) is 19.1 Å². The summed E-state index contributed by atoms with van der Waals surface area (Å²) in [6.07, 6.45) is 0. The maximum Gasteiger partial charge on any atom is 0.387 e. The molecule has 1 atom stereocenters. The second kappa shape index (κ2) is 6.54. The zero-order valence-electron chi connectivity index (χ0n) is 12.0. The molecule has 4 nitrogen and oxygen atoms in total. The number of ether oxygens (including phenoxy) is 1. The van der Waals surface area contributed by atoms with E-state index in [2.05, 4.69) is 15.4 Å². The van der Waals surface area contributed by atoms with E-state index >= 15 is 0 Å². The van der Waals surface area contributed by atoms with Crippen molar-refractivity contribution >= 4 is 11.6 Å². The van der Waals surface area contributed by atoms with Gasteiger partial charge in [-0.3, -0.25) is 4.79 Å². The van der Waals surface area contributed by atoms with Crippen molar-refractivity contribution in [3.63, 3.8) is 0 Å². The van der Waals surface area contributed by atoms with Gasteiger partial charge < -0.3 is 15.4 Å². The quantitative estimate of drug-likeness (QED) is 0.875. The monoisotopic (exact) mass is 286 g/mol. The van der Waals surface area contributed by atoms with E-state index in [-0.39, 0.29) is 17.2 Å². The average Bonchev–Trinajstić information content (AvgIpc) is 2.28. The van der Waals surface area contributed by atoms with Gasteiger partial charge >= 0.3 is 6.61 Å². The Morgan fingerprint density at radius 1 is 1.20 bits per heavy atom. The van der Waals surface area contributed by atoms with Crippen LogP contribution in [0.4, 0.5) is 14.5 Å². The number of carbonyl (C=O) groups is 1. The number of hydrogen-bond acceptors (Lipinski definition) is 3. The second-order valence-corrected chi connectivity index (χ2v) is 5.51. The van der Waals surface area contributed by atoms with Crippen LogP contribution in [0.15, 0.2) is 24.3 Å². The summed E-state index contributed by atoms with van der Waals surface area (Å²) < 4.78 is 28.3. The van der Waals surface area contributed by atoms with Crippen LogP contribution >= 0.6 is 0 Å². The highest BCUT2D eigenvalue weighted by Gasteiger charge is 2.19. The summed E-state index contributed by atoms with van der Waals surface area (Å²) in [6, 6.07) is 5.57. The molecule has 1 rings (SSSR count). The van der Waals surface area contributed by atoms with Crippen molar-refractivity contribution in [2.24, 2.45) is 0 Å². The minimum atomic E-state index is -2.84. The van der Waals surface area contributed by atoms with Gasteiger partial charge in [-0.25, -0.2) is 0 Å². The molecule has 0 radical (unpaired) electrons. The highest BCUT2D eigenvalue weighted by molar-refractivity contribution is 5.84. The van der Waals surface area contributed by atoms with Crippen LogP contribution < -0.4 is 15.4 Å². The summed E-state index contributed by atoms with van der Waals surface area (Å²) in [5.74, 6) is -0.0530. The predicted molar refractivity (Wildman–Crippen MR) is 74.1 cm³/mol. The van der Waals surface area contributed by atoms with Crippen molar-refractivity contribution in [3.8, 4) is 5.75 Å². The molecule has 1 aromatic rings. The van der Waals surface area contributed by atoms with Gasteiger partial charge in [-0.05, 0) is 52.0 Å². The first kappa shape index (κ1) is 16.2. The molecule has 0 bridgehead atoms. The van der Waals surface area contributed by atoms with Crippen LogP contribution in [0, 0.1) is 0 Å². The number of alkyl halides is 2. The van der Waals surface area contributed by atoms with Crippen molar-refractivity contribution in [2.75, 3.05) is 5.32 Å². The van der Waals surface area contributed by atoms with Crippen LogP contribution in [-0.2, 0) is 4.79 Å². The van der Waals surface area contributed by atoms with Crippen LogP contribution in [0.3, 0.4) is 0 Å². The van der Waals surface area contributed by atoms with E-state index in [0.29, 0.717) is 5.69 Å². The molecule has 0 fully saturated rings. The van der Waals surface area contributed by atoms with Gasteiger partial charge in [-0.1, -0.05) is 0 Å². The molecule has 0 aliphatic rings. The number of amides is 1. The van der Waals surface area contributed by atoms with Gasteiger partial charge in [-0.15, -0.1) is 0 Å². The lowest BCUT2D eigenvalue weighted by Gasteiger charge is -2.24. The smallest absolute Gasteiger partial charge is 0.387 e. The molecule has 1 unspecified atom stereocenters. The Balaban J connectivity index is 2.58. The standard InChI is InChI=1S/C14H20F2N2O2/c1-9(12(19)18-14(2,3)4)17-10-5-7-11(8-6-10)20-13(15)16/h5-9,13,17H,1-4H3,(H,18,19). The van der Waals surface area contributed by atoms with E-state index in [0.717, 1.165) is 0 Å². The van der Waals surface area contributed by atoms with Crippen molar-refractivity contribution in [3.05, 3.63) is 24.3 Å². The van der Waals surface area contributed by atoms with E-state index in [1.807, 2.05) is 20.8 Å². The Labute approximate surface area is 117 Å². The van der Waals surface area contributed by atoms with Crippen LogP contribution in [0.1, 0.15) is 27.7 Å². The molecule has 20 heavy (non-hydrogen) atoms. The van der Waals surface area contributed by atoms with Gasteiger partial charge in [0.05, 0.1) is 0 Å². The van der Waals surface area contributed by atoms with Crippen LogP contribution in [0.5, 0.6) is 5.75 Å². The zero-order chi connectivity index (χ0) is 15.3. The molecule has 0 saturated heterocycles. The van der Waals surface area contributed by atoms with Gasteiger partial charge in [0.2, 0.25) is 5.91 Å². The summed E-state index contributed by atoms with van der Waals surface area (Å²) in [5.41, 5.74) is 0.352. The second-order valence-electron chi connectivity index (χ2n) is 5.51. The molecular formula is C14H20F2N2O2. The van der Waals surface area contributed by atoms with Gasteiger partial charge in [0, 0.05) is 11.2 Å². The van der Waals surface area contributed by atoms with E-state index in [1.165, 1.54) is 12.1 Å². The van der Waals surface area contributed by atoms with E-state index < -0.39 is 12.7 Å². The van der Waals surface area contributed by atoms with Gasteiger partial charge in [0.15, 0.2) is 0 Å². The number of benzene rings is 1. The molecule has 6 heteroatoms. The lowest BCUT2D eigenvalue weighted by Crippen LogP contribution is -2.47. The first-order valence-corrected chi connectivity index (χ1v) is 6.31. The Morgan fingerprint density at radius 2 is 1.75 bits per heavy atom. The molecule has 1 aromatic carbocycles. The normalized spacial score (nSPS) is 12.9. The molecule has 1 amide bonds. The molecule has 0 aliphatic carbocycles. The van der Waals surface area contributed by atoms with Gasteiger partial charge in [0.1, 0.15) is 11.8 Å². The largest absolute Gasteiger partial charge is 0.435 e.